The first kappa shape index (κ1) is 23.1. The third-order valence-corrected chi connectivity index (χ3v) is 10.3. The van der Waals surface area contributed by atoms with Gasteiger partial charge in [0.15, 0.2) is 5.78 Å². The first-order chi connectivity index (χ1) is 14.8. The molecule has 4 rings (SSSR count). The second kappa shape index (κ2) is 9.03. The molecule has 0 N–H and O–H groups in total. The Bertz CT molecular complexity index is 769. The topological polar surface area (TPSA) is 17.1 Å². The maximum absolute atomic E-state index is 13.2. The summed E-state index contributed by atoms with van der Waals surface area (Å²) in [5, 5.41) is 0. The van der Waals surface area contributed by atoms with E-state index >= 15 is 0 Å². The zero-order valence-corrected chi connectivity index (χ0v) is 20.9. The fourth-order valence-corrected chi connectivity index (χ4v) is 8.54. The SMILES string of the molecule is CCC=CC(C)=CCC[C@@H](C)[C@H]1CC[C@H]2C3=CC(=O)[C@@H]4CCCC[C@]4(C)[C@H]3CC[C@]12C. The van der Waals surface area contributed by atoms with Crippen LogP contribution < -0.4 is 0 Å². The summed E-state index contributed by atoms with van der Waals surface area (Å²) in [6, 6.07) is 0. The molecule has 31 heavy (non-hydrogen) atoms. The minimum absolute atomic E-state index is 0.249. The van der Waals surface area contributed by atoms with Crippen LogP contribution in [0.25, 0.3) is 0 Å². The van der Waals surface area contributed by atoms with Crippen molar-refractivity contribution in [2.24, 2.45) is 40.4 Å². The lowest BCUT2D eigenvalue weighted by atomic mass is 9.47. The molecule has 1 nitrogen and oxygen atoms in total. The molecule has 3 fully saturated rings. The van der Waals surface area contributed by atoms with Gasteiger partial charge in [0.25, 0.3) is 0 Å². The Kier molecular flexibility index (Phi) is 6.72. The van der Waals surface area contributed by atoms with Crippen molar-refractivity contribution in [1.82, 2.24) is 0 Å². The number of allylic oxidation sites excluding steroid dienone is 6. The average molecular weight is 423 g/mol. The highest BCUT2D eigenvalue weighted by molar-refractivity contribution is 5.94. The van der Waals surface area contributed by atoms with Crippen LogP contribution in [0.5, 0.6) is 0 Å². The highest BCUT2D eigenvalue weighted by Crippen LogP contribution is 2.66. The summed E-state index contributed by atoms with van der Waals surface area (Å²) in [6.07, 6.45) is 23.1. The van der Waals surface area contributed by atoms with Crippen molar-refractivity contribution < 1.29 is 4.79 Å². The Morgan fingerprint density at radius 2 is 1.84 bits per heavy atom. The van der Waals surface area contributed by atoms with Crippen LogP contribution in [0.4, 0.5) is 0 Å². The van der Waals surface area contributed by atoms with Crippen LogP contribution in [0, 0.1) is 40.4 Å². The van der Waals surface area contributed by atoms with Gasteiger partial charge in [-0.3, -0.25) is 4.79 Å². The second-order valence-electron chi connectivity index (χ2n) is 12.0. The predicted octanol–water partition coefficient (Wildman–Crippen LogP) is 8.46. The lowest BCUT2D eigenvalue weighted by molar-refractivity contribution is -0.128. The molecule has 0 aliphatic heterocycles. The molecule has 7 atom stereocenters. The van der Waals surface area contributed by atoms with Crippen molar-refractivity contribution in [3.63, 3.8) is 0 Å². The molecule has 1 heteroatoms. The van der Waals surface area contributed by atoms with Crippen molar-refractivity contribution in [2.75, 3.05) is 0 Å². The van der Waals surface area contributed by atoms with Crippen molar-refractivity contribution in [1.29, 1.82) is 0 Å². The van der Waals surface area contributed by atoms with E-state index in [1.54, 1.807) is 5.57 Å². The third-order valence-electron chi connectivity index (χ3n) is 10.3. The standard InChI is InChI=1S/C30H46O/c1-6-7-11-21(2)12-10-13-22(3)24-15-16-25-23-20-28(31)27-14-8-9-18-29(27,4)26(23)17-19-30(24,25)5/h7,11-12,20,22,24-27H,6,8-10,13-19H2,1-5H3/t22-,24-,25+,26+,27+,29-,30-/m1/s1. The lowest BCUT2D eigenvalue weighted by Crippen LogP contribution is -2.51. The number of fused-ring (bicyclic) bond motifs is 5. The van der Waals surface area contributed by atoms with Crippen LogP contribution in [0.2, 0.25) is 0 Å². The van der Waals surface area contributed by atoms with E-state index in [0.717, 1.165) is 24.7 Å². The molecule has 0 spiro atoms. The van der Waals surface area contributed by atoms with Gasteiger partial charge in [0.05, 0.1) is 0 Å². The van der Waals surface area contributed by atoms with Crippen LogP contribution in [-0.4, -0.2) is 5.78 Å². The molecule has 4 aliphatic rings. The Hall–Kier alpha value is -1.11. The van der Waals surface area contributed by atoms with Crippen molar-refractivity contribution >= 4 is 5.78 Å². The lowest BCUT2D eigenvalue weighted by Gasteiger charge is -2.56. The Morgan fingerprint density at radius 1 is 1.06 bits per heavy atom. The van der Waals surface area contributed by atoms with Crippen LogP contribution >= 0.6 is 0 Å². The van der Waals surface area contributed by atoms with Gasteiger partial charge in [0.2, 0.25) is 0 Å². The monoisotopic (exact) mass is 422 g/mol. The summed E-state index contributed by atoms with van der Waals surface area (Å²) in [6.45, 7) is 12.0. The number of hydrogen-bond donors (Lipinski definition) is 0. The van der Waals surface area contributed by atoms with Gasteiger partial charge in [-0.15, -0.1) is 0 Å². The molecule has 3 saturated carbocycles. The fraction of sp³-hybridized carbons (Fsp3) is 0.767. The molecule has 0 aromatic carbocycles. The van der Waals surface area contributed by atoms with Crippen molar-refractivity contribution in [2.45, 2.75) is 105 Å². The quantitative estimate of drug-likeness (QED) is 0.392. The van der Waals surface area contributed by atoms with E-state index in [4.69, 9.17) is 0 Å². The number of hydrogen-bond acceptors (Lipinski definition) is 1. The first-order valence-corrected chi connectivity index (χ1v) is 13.4. The molecule has 0 heterocycles. The van der Waals surface area contributed by atoms with E-state index in [1.807, 2.05) is 0 Å². The first-order valence-electron chi connectivity index (χ1n) is 13.4. The zero-order valence-electron chi connectivity index (χ0n) is 20.9. The molecule has 0 radical (unpaired) electrons. The second-order valence-corrected chi connectivity index (χ2v) is 12.0. The van der Waals surface area contributed by atoms with Gasteiger partial charge < -0.3 is 0 Å². The molecule has 0 aromatic heterocycles. The summed E-state index contributed by atoms with van der Waals surface area (Å²) >= 11 is 0. The Morgan fingerprint density at radius 3 is 2.61 bits per heavy atom. The molecule has 172 valence electrons. The largest absolute Gasteiger partial charge is 0.295 e. The van der Waals surface area contributed by atoms with Gasteiger partial charge in [-0.2, -0.15) is 0 Å². The zero-order chi connectivity index (χ0) is 22.2. The number of carbonyl (C=O) groups excluding carboxylic acids is 1. The smallest absolute Gasteiger partial charge is 0.159 e. The van der Waals surface area contributed by atoms with Gasteiger partial charge >= 0.3 is 0 Å². The van der Waals surface area contributed by atoms with Crippen LogP contribution in [-0.2, 0) is 4.79 Å². The summed E-state index contributed by atoms with van der Waals surface area (Å²) in [4.78, 5) is 13.2. The van der Waals surface area contributed by atoms with E-state index in [-0.39, 0.29) is 5.41 Å². The summed E-state index contributed by atoms with van der Waals surface area (Å²) in [5.41, 5.74) is 3.65. The van der Waals surface area contributed by atoms with E-state index in [2.05, 4.69) is 58.9 Å². The fourth-order valence-electron chi connectivity index (χ4n) is 8.54. The van der Waals surface area contributed by atoms with E-state index < -0.39 is 0 Å². The number of ketones is 1. The summed E-state index contributed by atoms with van der Waals surface area (Å²) in [7, 11) is 0. The third kappa shape index (κ3) is 4.04. The predicted molar refractivity (Wildman–Crippen MR) is 132 cm³/mol. The van der Waals surface area contributed by atoms with E-state index in [0.29, 0.717) is 29.0 Å². The summed E-state index contributed by atoms with van der Waals surface area (Å²) < 4.78 is 0. The Balaban J connectivity index is 1.49. The van der Waals surface area contributed by atoms with Crippen LogP contribution in [0.1, 0.15) is 105 Å². The molecular weight excluding hydrogens is 376 g/mol. The maximum atomic E-state index is 13.2. The minimum Gasteiger partial charge on any atom is -0.295 e. The number of rotatable bonds is 6. The molecule has 0 aromatic rings. The van der Waals surface area contributed by atoms with Gasteiger partial charge in [-0.25, -0.2) is 0 Å². The molecule has 0 saturated heterocycles. The van der Waals surface area contributed by atoms with Crippen molar-refractivity contribution in [3.8, 4) is 0 Å². The minimum atomic E-state index is 0.249. The van der Waals surface area contributed by atoms with Crippen molar-refractivity contribution in [3.05, 3.63) is 35.5 Å². The van der Waals surface area contributed by atoms with E-state index in [9.17, 15) is 4.79 Å². The highest BCUT2D eigenvalue weighted by Gasteiger charge is 2.59. The van der Waals surface area contributed by atoms with Crippen LogP contribution in [0.15, 0.2) is 35.5 Å². The average Bonchev–Trinajstić information content (AvgIpc) is 3.09. The van der Waals surface area contributed by atoms with E-state index in [1.165, 1.54) is 63.4 Å². The molecular formula is C30H46O. The molecule has 4 aliphatic carbocycles. The van der Waals surface area contributed by atoms with Gasteiger partial charge in [-0.05, 0) is 105 Å². The van der Waals surface area contributed by atoms with Gasteiger partial charge in [0.1, 0.15) is 0 Å². The normalized spacial score (nSPS) is 41.5. The van der Waals surface area contributed by atoms with Crippen LogP contribution in [0.3, 0.4) is 0 Å². The molecule has 0 amide bonds. The van der Waals surface area contributed by atoms with Gasteiger partial charge in [-0.1, -0.05) is 69.9 Å². The maximum Gasteiger partial charge on any atom is 0.159 e. The summed E-state index contributed by atoms with van der Waals surface area (Å²) in [5.74, 6) is 3.71. The Labute approximate surface area is 191 Å². The number of carbonyl (C=O) groups is 1. The highest BCUT2D eigenvalue weighted by atomic mass is 16.1. The molecule has 0 bridgehead atoms. The van der Waals surface area contributed by atoms with Gasteiger partial charge in [0, 0.05) is 5.92 Å². The molecule has 0 unspecified atom stereocenters.